The summed E-state index contributed by atoms with van der Waals surface area (Å²) in [6, 6.07) is 0. The quantitative estimate of drug-likeness (QED) is 0.205. The Hall–Kier alpha value is -0.540. The van der Waals surface area contributed by atoms with Crippen molar-refractivity contribution < 1.29 is 14.2 Å². The Morgan fingerprint density at radius 1 is 1.04 bits per heavy atom. The molecule has 0 aromatic carbocycles. The molecule has 2 aliphatic rings. The normalized spacial score (nSPS) is 23.2. The number of unbranched alkanes of at least 4 members (excludes halogenated alkanes) is 6. The summed E-state index contributed by atoms with van der Waals surface area (Å²) < 4.78 is 17.6. The first-order valence-electron chi connectivity index (χ1n) is 10.8. The fraction of sp³-hybridized carbons (Fsp3) is 0.909. The summed E-state index contributed by atoms with van der Waals surface area (Å²) in [6.45, 7) is 8.28. The maximum atomic E-state index is 6.54. The van der Waals surface area contributed by atoms with Crippen molar-refractivity contribution in [2.24, 2.45) is 5.92 Å². The molecular weight excluding hydrogens is 312 g/mol. The highest BCUT2D eigenvalue weighted by Gasteiger charge is 2.42. The second-order valence-electron chi connectivity index (χ2n) is 8.02. The van der Waals surface area contributed by atoms with E-state index in [9.17, 15) is 0 Å². The molecule has 3 nitrogen and oxygen atoms in total. The first-order valence-corrected chi connectivity index (χ1v) is 10.8. The van der Waals surface area contributed by atoms with Gasteiger partial charge in [0, 0.05) is 0 Å². The summed E-state index contributed by atoms with van der Waals surface area (Å²) >= 11 is 0. The van der Waals surface area contributed by atoms with E-state index < -0.39 is 0 Å². The zero-order valence-corrected chi connectivity index (χ0v) is 16.5. The van der Waals surface area contributed by atoms with E-state index in [0.29, 0.717) is 18.6 Å². The molecule has 0 bridgehead atoms. The highest BCUT2D eigenvalue weighted by molar-refractivity contribution is 4.92. The van der Waals surface area contributed by atoms with Crippen molar-refractivity contribution in [1.29, 1.82) is 0 Å². The largest absolute Gasteiger partial charge is 0.499 e. The van der Waals surface area contributed by atoms with Crippen LogP contribution in [0.2, 0.25) is 0 Å². The monoisotopic (exact) mass is 352 g/mol. The number of rotatable bonds is 15. The molecule has 146 valence electrons. The summed E-state index contributed by atoms with van der Waals surface area (Å²) in [6.07, 6.45) is 19.0. The zero-order chi connectivity index (χ0) is 17.8. The molecule has 1 aliphatic heterocycles. The predicted molar refractivity (Wildman–Crippen MR) is 104 cm³/mol. The van der Waals surface area contributed by atoms with Crippen LogP contribution in [-0.2, 0) is 14.2 Å². The van der Waals surface area contributed by atoms with E-state index in [2.05, 4.69) is 13.5 Å². The minimum absolute atomic E-state index is 0.135. The maximum absolute atomic E-state index is 6.54. The molecule has 2 atom stereocenters. The Morgan fingerprint density at radius 2 is 1.72 bits per heavy atom. The van der Waals surface area contributed by atoms with E-state index in [-0.39, 0.29) is 5.60 Å². The third-order valence-electron chi connectivity index (χ3n) is 5.96. The summed E-state index contributed by atoms with van der Waals surface area (Å²) in [5.41, 5.74) is -0.135. The van der Waals surface area contributed by atoms with Crippen molar-refractivity contribution >= 4 is 0 Å². The summed E-state index contributed by atoms with van der Waals surface area (Å²) in [7, 11) is 0. The minimum Gasteiger partial charge on any atom is -0.499 e. The second kappa shape index (κ2) is 12.0. The van der Waals surface area contributed by atoms with E-state index in [0.717, 1.165) is 19.6 Å². The molecule has 1 saturated carbocycles. The Balaban J connectivity index is 1.86. The van der Waals surface area contributed by atoms with Crippen LogP contribution in [0.3, 0.4) is 0 Å². The Labute approximate surface area is 155 Å². The van der Waals surface area contributed by atoms with Gasteiger partial charge in [0.25, 0.3) is 0 Å². The molecule has 0 aromatic rings. The van der Waals surface area contributed by atoms with Gasteiger partial charge in [-0.2, -0.15) is 0 Å². The van der Waals surface area contributed by atoms with Crippen LogP contribution in [0, 0.1) is 5.92 Å². The van der Waals surface area contributed by atoms with Crippen molar-refractivity contribution in [3.63, 3.8) is 0 Å². The SMILES string of the molecule is C=COCC(CCCCCCCCC)(OCC1CO1)C1CCCCC1. The van der Waals surface area contributed by atoms with Gasteiger partial charge in [-0.05, 0) is 25.2 Å². The van der Waals surface area contributed by atoms with Gasteiger partial charge < -0.3 is 14.2 Å². The molecule has 1 saturated heterocycles. The van der Waals surface area contributed by atoms with Crippen LogP contribution < -0.4 is 0 Å². The Morgan fingerprint density at radius 3 is 2.36 bits per heavy atom. The number of hydrogen-bond acceptors (Lipinski definition) is 3. The van der Waals surface area contributed by atoms with Crippen molar-refractivity contribution in [2.75, 3.05) is 19.8 Å². The summed E-state index contributed by atoms with van der Waals surface area (Å²) in [5.74, 6) is 0.625. The summed E-state index contributed by atoms with van der Waals surface area (Å²) in [4.78, 5) is 0. The molecule has 0 amide bonds. The highest BCUT2D eigenvalue weighted by Crippen LogP contribution is 2.39. The fourth-order valence-corrected chi connectivity index (χ4v) is 4.26. The van der Waals surface area contributed by atoms with Gasteiger partial charge in [-0.25, -0.2) is 0 Å². The third kappa shape index (κ3) is 7.70. The molecule has 2 rings (SSSR count). The van der Waals surface area contributed by atoms with Crippen LogP contribution >= 0.6 is 0 Å². The van der Waals surface area contributed by atoms with Gasteiger partial charge in [0.15, 0.2) is 0 Å². The van der Waals surface area contributed by atoms with Crippen molar-refractivity contribution in [3.05, 3.63) is 12.8 Å². The lowest BCUT2D eigenvalue weighted by Gasteiger charge is -2.42. The summed E-state index contributed by atoms with van der Waals surface area (Å²) in [5, 5.41) is 0. The van der Waals surface area contributed by atoms with Crippen molar-refractivity contribution in [3.8, 4) is 0 Å². The van der Waals surface area contributed by atoms with Crippen LogP contribution in [0.15, 0.2) is 12.8 Å². The van der Waals surface area contributed by atoms with Crippen LogP contribution in [-0.4, -0.2) is 31.5 Å². The van der Waals surface area contributed by atoms with Crippen LogP contribution in [0.25, 0.3) is 0 Å². The minimum atomic E-state index is -0.135. The van der Waals surface area contributed by atoms with Crippen LogP contribution in [0.5, 0.6) is 0 Å². The van der Waals surface area contributed by atoms with E-state index in [1.165, 1.54) is 77.0 Å². The van der Waals surface area contributed by atoms with Gasteiger partial charge in [0.1, 0.15) is 18.3 Å². The average molecular weight is 353 g/mol. The first kappa shape index (κ1) is 20.8. The van der Waals surface area contributed by atoms with E-state index >= 15 is 0 Å². The van der Waals surface area contributed by atoms with Gasteiger partial charge >= 0.3 is 0 Å². The first-order chi connectivity index (χ1) is 12.3. The molecule has 2 unspecified atom stereocenters. The molecule has 0 radical (unpaired) electrons. The molecule has 1 aliphatic carbocycles. The van der Waals surface area contributed by atoms with E-state index in [1.807, 2.05) is 0 Å². The van der Waals surface area contributed by atoms with Gasteiger partial charge in [0.05, 0.1) is 19.5 Å². The van der Waals surface area contributed by atoms with Gasteiger partial charge in [-0.3, -0.25) is 0 Å². The number of ether oxygens (including phenoxy) is 3. The lowest BCUT2D eigenvalue weighted by molar-refractivity contribution is -0.135. The highest BCUT2D eigenvalue weighted by atomic mass is 16.6. The molecule has 25 heavy (non-hydrogen) atoms. The molecular formula is C22H40O3. The smallest absolute Gasteiger partial charge is 0.116 e. The zero-order valence-electron chi connectivity index (χ0n) is 16.5. The number of epoxide rings is 1. The van der Waals surface area contributed by atoms with Crippen LogP contribution in [0.1, 0.15) is 90.4 Å². The molecule has 0 aromatic heterocycles. The van der Waals surface area contributed by atoms with E-state index in [1.54, 1.807) is 6.26 Å². The topological polar surface area (TPSA) is 31.0 Å². The Kier molecular flexibility index (Phi) is 9.93. The second-order valence-corrected chi connectivity index (χ2v) is 8.02. The molecule has 3 heteroatoms. The molecule has 0 spiro atoms. The van der Waals surface area contributed by atoms with Gasteiger partial charge in [-0.15, -0.1) is 0 Å². The predicted octanol–water partition coefficient (Wildman–Crippen LogP) is 6.02. The maximum Gasteiger partial charge on any atom is 0.116 e. The van der Waals surface area contributed by atoms with Crippen molar-refractivity contribution in [1.82, 2.24) is 0 Å². The lowest BCUT2D eigenvalue weighted by Crippen LogP contribution is -2.46. The molecule has 2 fully saturated rings. The van der Waals surface area contributed by atoms with Crippen molar-refractivity contribution in [2.45, 2.75) is 102 Å². The standard InChI is InChI=1S/C22H40O3/c1-3-5-6-7-8-9-13-16-22(19-23-4-2,25-18-21-17-24-21)20-14-11-10-12-15-20/h4,20-21H,2-3,5-19H2,1H3. The van der Waals surface area contributed by atoms with Gasteiger partial charge in [-0.1, -0.05) is 77.7 Å². The lowest BCUT2D eigenvalue weighted by atomic mass is 9.74. The van der Waals surface area contributed by atoms with Crippen LogP contribution in [0.4, 0.5) is 0 Å². The van der Waals surface area contributed by atoms with E-state index in [4.69, 9.17) is 14.2 Å². The molecule has 1 heterocycles. The Bertz CT molecular complexity index is 347. The van der Waals surface area contributed by atoms with Gasteiger partial charge in [0.2, 0.25) is 0 Å². The average Bonchev–Trinajstić information content (AvgIpc) is 3.48. The fourth-order valence-electron chi connectivity index (χ4n) is 4.26. The molecule has 0 N–H and O–H groups in total. The third-order valence-corrected chi connectivity index (χ3v) is 5.96. The number of hydrogen-bond donors (Lipinski definition) is 0.